The molecule has 1 aromatic carbocycles. The molecule has 1 atom stereocenters. The van der Waals surface area contributed by atoms with E-state index in [9.17, 15) is 19.7 Å². The second-order valence-corrected chi connectivity index (χ2v) is 7.30. The summed E-state index contributed by atoms with van der Waals surface area (Å²) < 4.78 is 5.10. The first kappa shape index (κ1) is 25.7. The van der Waals surface area contributed by atoms with E-state index in [2.05, 4.69) is 16.0 Å². The second kappa shape index (κ2) is 13.8. The largest absolute Gasteiger partial charge is 0.497 e. The molecule has 0 aliphatic rings. The van der Waals surface area contributed by atoms with Gasteiger partial charge in [0.15, 0.2) is 5.03 Å². The number of amides is 2. The molecule has 171 valence electrons. The topological polar surface area (TPSA) is 158 Å². The van der Waals surface area contributed by atoms with Gasteiger partial charge in [-0.05, 0) is 42.9 Å². The maximum Gasteiger partial charge on any atom is 0.251 e. The third kappa shape index (κ3) is 11.4. The minimum Gasteiger partial charge on any atom is -0.497 e. The third-order valence-corrected chi connectivity index (χ3v) is 4.18. The Morgan fingerprint density at radius 3 is 2.52 bits per heavy atom. The lowest BCUT2D eigenvalue weighted by atomic mass is 10.1. The molecule has 1 aromatic rings. The highest BCUT2D eigenvalue weighted by Crippen LogP contribution is 2.12. The summed E-state index contributed by atoms with van der Waals surface area (Å²) in [6.45, 7) is 5.95. The maximum absolute atomic E-state index is 12.5. The van der Waals surface area contributed by atoms with Crippen molar-refractivity contribution in [2.45, 2.75) is 45.6 Å². The smallest absolute Gasteiger partial charge is 0.251 e. The van der Waals surface area contributed by atoms with Gasteiger partial charge in [0, 0.05) is 13.1 Å². The van der Waals surface area contributed by atoms with Gasteiger partial charge in [0.25, 0.3) is 5.96 Å². The highest BCUT2D eigenvalue weighted by Gasteiger charge is 2.20. The first-order valence-electron chi connectivity index (χ1n) is 9.99. The van der Waals surface area contributed by atoms with Crippen molar-refractivity contribution in [3.8, 4) is 5.75 Å². The van der Waals surface area contributed by atoms with Crippen molar-refractivity contribution in [2.24, 2.45) is 5.92 Å². The zero-order chi connectivity index (χ0) is 23.2. The van der Waals surface area contributed by atoms with Crippen LogP contribution in [0.25, 0.3) is 0 Å². The zero-order valence-electron chi connectivity index (χ0n) is 18.1. The van der Waals surface area contributed by atoms with Gasteiger partial charge in [0.2, 0.25) is 11.8 Å². The number of methoxy groups -OCH3 is 1. The lowest BCUT2D eigenvalue weighted by molar-refractivity contribution is -0.525. The molecule has 1 rings (SSSR count). The van der Waals surface area contributed by atoms with E-state index in [4.69, 9.17) is 10.1 Å². The normalized spacial score (nSPS) is 11.4. The fourth-order valence-electron chi connectivity index (χ4n) is 2.59. The molecule has 0 spiro atoms. The monoisotopic (exact) mass is 435 g/mol. The number of carbonyl (C=O) groups is 2. The Hall–Kier alpha value is -3.37. The molecule has 0 saturated carbocycles. The van der Waals surface area contributed by atoms with Crippen LogP contribution in [0.3, 0.4) is 0 Å². The van der Waals surface area contributed by atoms with Gasteiger partial charge in [-0.3, -0.25) is 15.0 Å². The van der Waals surface area contributed by atoms with Crippen molar-refractivity contribution in [1.29, 1.82) is 5.41 Å². The Labute approximate surface area is 181 Å². The fourth-order valence-corrected chi connectivity index (χ4v) is 2.59. The summed E-state index contributed by atoms with van der Waals surface area (Å²) in [6, 6.07) is 6.30. The van der Waals surface area contributed by atoms with Crippen LogP contribution in [0.15, 0.2) is 24.3 Å². The highest BCUT2D eigenvalue weighted by atomic mass is 16.7. The molecule has 31 heavy (non-hydrogen) atoms. The minimum atomic E-state index is -0.838. The quantitative estimate of drug-likeness (QED) is 0.102. The average molecular weight is 436 g/mol. The number of hydrogen-bond donors (Lipinski definition) is 5. The highest BCUT2D eigenvalue weighted by molar-refractivity contribution is 5.88. The molecule has 0 aliphatic heterocycles. The SMILES string of the molecule is COc1ccc(CC(=O)N[C@@H](CCCNC(=N)N[N+](=O)[O-])C(=O)N[CH]CC(C)C)cc1. The van der Waals surface area contributed by atoms with Crippen LogP contribution in [0.4, 0.5) is 0 Å². The van der Waals surface area contributed by atoms with E-state index < -0.39 is 17.0 Å². The van der Waals surface area contributed by atoms with Crippen molar-refractivity contribution >= 4 is 17.8 Å². The number of nitrogens with one attached hydrogen (secondary N) is 5. The van der Waals surface area contributed by atoms with Crippen molar-refractivity contribution in [2.75, 3.05) is 13.7 Å². The fraction of sp³-hybridized carbons (Fsp3) is 0.500. The van der Waals surface area contributed by atoms with E-state index in [-0.39, 0.29) is 24.8 Å². The molecular formula is C20H31N6O5. The van der Waals surface area contributed by atoms with E-state index in [1.165, 1.54) is 0 Å². The predicted octanol–water partition coefficient (Wildman–Crippen LogP) is 1.13. The van der Waals surface area contributed by atoms with Gasteiger partial charge in [-0.15, -0.1) is 0 Å². The molecule has 0 heterocycles. The van der Waals surface area contributed by atoms with E-state index in [1.807, 2.05) is 13.8 Å². The molecular weight excluding hydrogens is 404 g/mol. The number of rotatable bonds is 13. The van der Waals surface area contributed by atoms with Gasteiger partial charge in [0.05, 0.1) is 13.5 Å². The molecule has 0 saturated heterocycles. The molecule has 11 nitrogen and oxygen atoms in total. The Bertz CT molecular complexity index is 738. The van der Waals surface area contributed by atoms with Crippen LogP contribution in [0, 0.1) is 28.0 Å². The second-order valence-electron chi connectivity index (χ2n) is 7.30. The zero-order valence-corrected chi connectivity index (χ0v) is 18.1. The van der Waals surface area contributed by atoms with Crippen LogP contribution in [0.2, 0.25) is 0 Å². The summed E-state index contributed by atoms with van der Waals surface area (Å²) >= 11 is 0. The molecule has 0 bridgehead atoms. The number of hydrazine groups is 1. The average Bonchev–Trinajstić information content (AvgIpc) is 2.69. The van der Waals surface area contributed by atoms with Gasteiger partial charge in [0.1, 0.15) is 11.8 Å². The molecule has 1 radical (unpaired) electrons. The molecule has 5 N–H and O–H groups in total. The first-order chi connectivity index (χ1) is 14.7. The Balaban J connectivity index is 2.60. The Morgan fingerprint density at radius 1 is 1.26 bits per heavy atom. The number of ether oxygens (including phenoxy) is 1. The number of guanidine groups is 1. The Morgan fingerprint density at radius 2 is 1.94 bits per heavy atom. The van der Waals surface area contributed by atoms with Gasteiger partial charge < -0.3 is 20.7 Å². The van der Waals surface area contributed by atoms with E-state index in [0.717, 1.165) is 5.56 Å². The van der Waals surface area contributed by atoms with Crippen LogP contribution >= 0.6 is 0 Å². The van der Waals surface area contributed by atoms with Crippen molar-refractivity contribution in [3.63, 3.8) is 0 Å². The number of nitrogens with zero attached hydrogens (tertiary/aromatic N) is 1. The van der Waals surface area contributed by atoms with Crippen molar-refractivity contribution in [1.82, 2.24) is 21.4 Å². The summed E-state index contributed by atoms with van der Waals surface area (Å²) in [7, 11) is 1.56. The third-order valence-electron chi connectivity index (χ3n) is 4.18. The van der Waals surface area contributed by atoms with Gasteiger partial charge in [-0.25, -0.2) is 10.1 Å². The molecule has 11 heteroatoms. The standard InChI is InChI=1S/C20H31N6O5/c1-14(2)10-12-22-19(28)17(5-4-11-23-20(21)25-26(29)30)24-18(27)13-15-6-8-16(31-3)9-7-15/h6-9,12,14,17H,4-5,10-11,13H2,1-3H3,(H,22,28)(H,24,27)(H3,21,23,25)/t17-/m0/s1. The summed E-state index contributed by atoms with van der Waals surface area (Å²) in [6.07, 6.45) is 1.52. The predicted molar refractivity (Wildman–Crippen MR) is 116 cm³/mol. The van der Waals surface area contributed by atoms with Gasteiger partial charge in [-0.1, -0.05) is 31.4 Å². The van der Waals surface area contributed by atoms with Crippen molar-refractivity contribution < 1.29 is 19.4 Å². The summed E-state index contributed by atoms with van der Waals surface area (Å²) in [5.74, 6) is -0.00797. The van der Waals surface area contributed by atoms with E-state index in [1.54, 1.807) is 43.3 Å². The summed E-state index contributed by atoms with van der Waals surface area (Å²) in [5, 5.41) is 24.8. The van der Waals surface area contributed by atoms with Gasteiger partial charge in [-0.2, -0.15) is 0 Å². The lowest BCUT2D eigenvalue weighted by Crippen LogP contribution is -2.47. The van der Waals surface area contributed by atoms with E-state index >= 15 is 0 Å². The molecule has 2 amide bonds. The van der Waals surface area contributed by atoms with Crippen LogP contribution < -0.4 is 26.1 Å². The lowest BCUT2D eigenvalue weighted by Gasteiger charge is -2.19. The number of hydrogen-bond acceptors (Lipinski definition) is 6. The van der Waals surface area contributed by atoms with Crippen LogP contribution in [0.5, 0.6) is 5.75 Å². The number of benzene rings is 1. The van der Waals surface area contributed by atoms with Crippen LogP contribution in [0.1, 0.15) is 38.7 Å². The molecule has 0 fully saturated rings. The first-order valence-corrected chi connectivity index (χ1v) is 9.99. The van der Waals surface area contributed by atoms with Crippen LogP contribution in [-0.2, 0) is 16.0 Å². The van der Waals surface area contributed by atoms with E-state index in [0.29, 0.717) is 30.9 Å². The van der Waals surface area contributed by atoms with Crippen LogP contribution in [-0.4, -0.2) is 42.5 Å². The molecule has 0 aliphatic carbocycles. The minimum absolute atomic E-state index is 0.110. The molecule has 0 aromatic heterocycles. The molecule has 0 unspecified atom stereocenters. The van der Waals surface area contributed by atoms with Gasteiger partial charge >= 0.3 is 0 Å². The number of nitro groups is 1. The summed E-state index contributed by atoms with van der Waals surface area (Å²) in [4.78, 5) is 35.3. The van der Waals surface area contributed by atoms with Crippen molar-refractivity contribution in [3.05, 3.63) is 46.5 Å². The maximum atomic E-state index is 12.5. The Kier molecular flexibility index (Phi) is 11.4. The summed E-state index contributed by atoms with van der Waals surface area (Å²) in [5.41, 5.74) is 2.47. The number of carbonyl (C=O) groups excluding carboxylic acids is 2.